The zero-order valence-electron chi connectivity index (χ0n) is 9.50. The van der Waals surface area contributed by atoms with E-state index in [0.717, 1.165) is 0 Å². The molecule has 2 N–H and O–H groups in total. The number of pyridine rings is 1. The summed E-state index contributed by atoms with van der Waals surface area (Å²) in [5.41, 5.74) is 5.54. The minimum Gasteiger partial charge on any atom is -0.383 e. The van der Waals surface area contributed by atoms with Crippen molar-refractivity contribution >= 4 is 17.3 Å². The lowest BCUT2D eigenvalue weighted by Crippen LogP contribution is -2.44. The molecule has 17 heavy (non-hydrogen) atoms. The molecule has 1 aliphatic rings. The third-order valence-corrected chi connectivity index (χ3v) is 2.69. The van der Waals surface area contributed by atoms with Crippen molar-refractivity contribution in [3.8, 4) is 0 Å². The molecule has 1 aromatic rings. The second-order valence-electron chi connectivity index (χ2n) is 3.98. The minimum atomic E-state index is -0.466. The van der Waals surface area contributed by atoms with Crippen LogP contribution in [0.15, 0.2) is 12.1 Å². The summed E-state index contributed by atoms with van der Waals surface area (Å²) in [5.74, 6) is 0.695. The molecule has 0 saturated carbocycles. The van der Waals surface area contributed by atoms with Crippen LogP contribution in [-0.4, -0.2) is 35.7 Å². The Labute approximate surface area is 98.3 Å². The van der Waals surface area contributed by atoms with E-state index in [1.165, 1.54) is 12.1 Å². The second-order valence-corrected chi connectivity index (χ2v) is 3.98. The predicted molar refractivity (Wildman–Crippen MR) is 62.9 cm³/mol. The first-order valence-electron chi connectivity index (χ1n) is 5.34. The Kier molecular flexibility index (Phi) is 3.10. The molecule has 0 spiro atoms. The van der Waals surface area contributed by atoms with Gasteiger partial charge in [0, 0.05) is 6.54 Å². The number of nitrogen functional groups attached to an aromatic ring is 1. The van der Waals surface area contributed by atoms with Crippen molar-refractivity contribution in [1.29, 1.82) is 0 Å². The average Bonchev–Trinajstić information content (AvgIpc) is 2.28. The minimum absolute atomic E-state index is 0.0359. The quantitative estimate of drug-likeness (QED) is 0.604. The molecule has 0 radical (unpaired) electrons. The van der Waals surface area contributed by atoms with Crippen LogP contribution >= 0.6 is 0 Å². The highest BCUT2D eigenvalue weighted by Crippen LogP contribution is 2.24. The van der Waals surface area contributed by atoms with Gasteiger partial charge in [0.15, 0.2) is 0 Å². The third-order valence-electron chi connectivity index (χ3n) is 2.69. The molecule has 1 atom stereocenters. The predicted octanol–water partition coefficient (Wildman–Crippen LogP) is 0.797. The van der Waals surface area contributed by atoms with Gasteiger partial charge in [-0.05, 0) is 6.92 Å². The van der Waals surface area contributed by atoms with Crippen LogP contribution in [0.25, 0.3) is 0 Å². The fourth-order valence-corrected chi connectivity index (χ4v) is 1.84. The van der Waals surface area contributed by atoms with E-state index in [1.54, 1.807) is 0 Å². The van der Waals surface area contributed by atoms with Gasteiger partial charge in [-0.15, -0.1) is 0 Å². The van der Waals surface area contributed by atoms with Gasteiger partial charge in [-0.25, -0.2) is 4.98 Å². The summed E-state index contributed by atoms with van der Waals surface area (Å²) in [4.78, 5) is 16.4. The topological polar surface area (TPSA) is 94.5 Å². The van der Waals surface area contributed by atoms with E-state index in [1.807, 2.05) is 11.8 Å². The molecule has 2 rings (SSSR count). The number of hydrogen-bond acceptors (Lipinski definition) is 6. The van der Waals surface area contributed by atoms with Gasteiger partial charge in [-0.2, -0.15) is 0 Å². The number of hydrogen-bond donors (Lipinski definition) is 1. The van der Waals surface area contributed by atoms with E-state index in [9.17, 15) is 10.1 Å². The Balaban J connectivity index is 2.33. The van der Waals surface area contributed by atoms with Crippen molar-refractivity contribution in [2.45, 2.75) is 13.0 Å². The van der Waals surface area contributed by atoms with E-state index in [0.29, 0.717) is 25.6 Å². The van der Waals surface area contributed by atoms with Gasteiger partial charge in [-0.1, -0.05) is 0 Å². The Bertz CT molecular complexity index is 438. The Morgan fingerprint density at radius 2 is 2.41 bits per heavy atom. The van der Waals surface area contributed by atoms with Crippen LogP contribution in [0.1, 0.15) is 6.92 Å². The SMILES string of the molecule is CC1COCCN1c1cc([N+](=O)[O-])cc(N)n1. The van der Waals surface area contributed by atoms with E-state index >= 15 is 0 Å². The molecule has 1 saturated heterocycles. The third kappa shape index (κ3) is 2.44. The average molecular weight is 238 g/mol. The Hall–Kier alpha value is -1.89. The number of anilines is 2. The molecule has 0 aromatic carbocycles. The number of ether oxygens (including phenoxy) is 1. The monoisotopic (exact) mass is 238 g/mol. The molecule has 7 heteroatoms. The molecule has 2 heterocycles. The first-order valence-corrected chi connectivity index (χ1v) is 5.34. The van der Waals surface area contributed by atoms with Crippen molar-refractivity contribution in [3.63, 3.8) is 0 Å². The summed E-state index contributed by atoms with van der Waals surface area (Å²) in [7, 11) is 0. The van der Waals surface area contributed by atoms with Gasteiger partial charge in [0.2, 0.25) is 0 Å². The highest BCUT2D eigenvalue weighted by Gasteiger charge is 2.22. The number of aromatic nitrogens is 1. The van der Waals surface area contributed by atoms with Crippen molar-refractivity contribution in [2.24, 2.45) is 0 Å². The fourth-order valence-electron chi connectivity index (χ4n) is 1.84. The zero-order valence-corrected chi connectivity index (χ0v) is 9.50. The van der Waals surface area contributed by atoms with Crippen molar-refractivity contribution in [3.05, 3.63) is 22.2 Å². The molecule has 1 aromatic heterocycles. The maximum absolute atomic E-state index is 10.7. The molecule has 92 valence electrons. The molecule has 1 fully saturated rings. The maximum atomic E-state index is 10.7. The van der Waals surface area contributed by atoms with Crippen LogP contribution in [0.2, 0.25) is 0 Å². The molecule has 0 amide bonds. The maximum Gasteiger partial charge on any atom is 0.276 e. The van der Waals surface area contributed by atoms with E-state index in [2.05, 4.69) is 4.98 Å². The highest BCUT2D eigenvalue weighted by atomic mass is 16.6. The first-order chi connectivity index (χ1) is 8.08. The number of nitro groups is 1. The van der Waals surface area contributed by atoms with Gasteiger partial charge in [0.05, 0.1) is 36.3 Å². The highest BCUT2D eigenvalue weighted by molar-refractivity contribution is 5.54. The van der Waals surface area contributed by atoms with Crippen molar-refractivity contribution in [2.75, 3.05) is 30.4 Å². The smallest absolute Gasteiger partial charge is 0.276 e. The lowest BCUT2D eigenvalue weighted by Gasteiger charge is -2.34. The molecule has 1 aliphatic heterocycles. The number of rotatable bonds is 2. The molecule has 1 unspecified atom stereocenters. The van der Waals surface area contributed by atoms with Gasteiger partial charge in [0.1, 0.15) is 11.6 Å². The summed E-state index contributed by atoms with van der Waals surface area (Å²) >= 11 is 0. The van der Waals surface area contributed by atoms with Gasteiger partial charge < -0.3 is 15.4 Å². The molecular weight excluding hydrogens is 224 g/mol. The van der Waals surface area contributed by atoms with Crippen LogP contribution in [0.3, 0.4) is 0 Å². The van der Waals surface area contributed by atoms with Crippen LogP contribution in [-0.2, 0) is 4.74 Å². The van der Waals surface area contributed by atoms with Gasteiger partial charge >= 0.3 is 0 Å². The number of nitrogens with two attached hydrogens (primary N) is 1. The molecule has 7 nitrogen and oxygen atoms in total. The van der Waals surface area contributed by atoms with Crippen molar-refractivity contribution in [1.82, 2.24) is 4.98 Å². The fraction of sp³-hybridized carbons (Fsp3) is 0.500. The lowest BCUT2D eigenvalue weighted by molar-refractivity contribution is -0.384. The van der Waals surface area contributed by atoms with Gasteiger partial charge in [-0.3, -0.25) is 10.1 Å². The van der Waals surface area contributed by atoms with E-state index in [-0.39, 0.29) is 17.5 Å². The normalized spacial score (nSPS) is 20.3. The molecule has 0 bridgehead atoms. The number of morpholine rings is 1. The van der Waals surface area contributed by atoms with Crippen LogP contribution < -0.4 is 10.6 Å². The van der Waals surface area contributed by atoms with E-state index in [4.69, 9.17) is 10.5 Å². The van der Waals surface area contributed by atoms with Crippen LogP contribution in [0, 0.1) is 10.1 Å². The molecular formula is C10H14N4O3. The standard InChI is InChI=1S/C10H14N4O3/c1-7-6-17-3-2-13(7)10-5-8(14(15)16)4-9(11)12-10/h4-5,7H,2-3,6H2,1H3,(H2,11,12). The second kappa shape index (κ2) is 4.54. The Morgan fingerprint density at radius 3 is 3.06 bits per heavy atom. The van der Waals surface area contributed by atoms with Crippen molar-refractivity contribution < 1.29 is 9.66 Å². The zero-order chi connectivity index (χ0) is 12.4. The lowest BCUT2D eigenvalue weighted by atomic mass is 10.2. The summed E-state index contributed by atoms with van der Waals surface area (Å²) < 4.78 is 5.31. The largest absolute Gasteiger partial charge is 0.383 e. The summed E-state index contributed by atoms with van der Waals surface area (Å²) in [6.07, 6.45) is 0. The Morgan fingerprint density at radius 1 is 1.65 bits per heavy atom. The summed E-state index contributed by atoms with van der Waals surface area (Å²) in [6.45, 7) is 3.82. The van der Waals surface area contributed by atoms with Gasteiger partial charge in [0.25, 0.3) is 5.69 Å². The summed E-state index contributed by atoms with van der Waals surface area (Å²) in [5, 5.41) is 10.7. The van der Waals surface area contributed by atoms with E-state index < -0.39 is 4.92 Å². The summed E-state index contributed by atoms with van der Waals surface area (Å²) in [6, 6.07) is 2.84. The van der Waals surface area contributed by atoms with Crippen LogP contribution in [0.5, 0.6) is 0 Å². The van der Waals surface area contributed by atoms with Crippen LogP contribution in [0.4, 0.5) is 17.3 Å². The number of nitrogens with zero attached hydrogens (tertiary/aromatic N) is 3. The molecule has 0 aliphatic carbocycles. The first kappa shape index (κ1) is 11.6.